The molecule has 1 N–H and O–H groups in total. The summed E-state index contributed by atoms with van der Waals surface area (Å²) in [4.78, 5) is 24.9. The third-order valence-corrected chi connectivity index (χ3v) is 7.25. The molecule has 1 aromatic carbocycles. The highest BCUT2D eigenvalue weighted by molar-refractivity contribution is 7.89. The Morgan fingerprint density at radius 3 is 2.11 bits per heavy atom. The molecular weight excluding hydrogens is 380 g/mol. The number of hydrogen-bond acceptors (Lipinski definition) is 4. The molecular formula is C20H30N2O5S. The van der Waals surface area contributed by atoms with E-state index in [1.165, 1.54) is 4.31 Å². The van der Waals surface area contributed by atoms with Crippen molar-refractivity contribution >= 4 is 21.9 Å². The summed E-state index contributed by atoms with van der Waals surface area (Å²) in [5.41, 5.74) is 1.12. The molecule has 1 saturated heterocycles. The van der Waals surface area contributed by atoms with Crippen LogP contribution in [0.4, 0.5) is 0 Å². The van der Waals surface area contributed by atoms with Crippen LogP contribution in [0.15, 0.2) is 29.2 Å². The fourth-order valence-corrected chi connectivity index (χ4v) is 4.75. The van der Waals surface area contributed by atoms with Gasteiger partial charge in [-0.25, -0.2) is 8.42 Å². The minimum Gasteiger partial charge on any atom is -0.481 e. The van der Waals surface area contributed by atoms with Crippen molar-refractivity contribution in [3.05, 3.63) is 29.8 Å². The first-order chi connectivity index (χ1) is 13.1. The van der Waals surface area contributed by atoms with Crippen molar-refractivity contribution in [1.29, 1.82) is 0 Å². The molecule has 1 heterocycles. The number of aliphatic carboxylic acids is 1. The van der Waals surface area contributed by atoms with Crippen LogP contribution in [0.2, 0.25) is 0 Å². The quantitative estimate of drug-likeness (QED) is 0.711. The molecule has 0 saturated carbocycles. The van der Waals surface area contributed by atoms with Crippen molar-refractivity contribution in [1.82, 2.24) is 9.21 Å². The van der Waals surface area contributed by atoms with Gasteiger partial charge in [0.15, 0.2) is 0 Å². The topological polar surface area (TPSA) is 95.0 Å². The lowest BCUT2D eigenvalue weighted by Crippen LogP contribution is -2.50. The minimum atomic E-state index is -3.58. The number of nitrogens with zero attached hydrogens (tertiary/aromatic N) is 2. The van der Waals surface area contributed by atoms with E-state index in [1.807, 2.05) is 12.1 Å². The van der Waals surface area contributed by atoms with Gasteiger partial charge >= 0.3 is 5.97 Å². The Morgan fingerprint density at radius 1 is 1.04 bits per heavy atom. The van der Waals surface area contributed by atoms with Crippen LogP contribution in [-0.4, -0.2) is 60.8 Å². The van der Waals surface area contributed by atoms with E-state index in [4.69, 9.17) is 5.11 Å². The van der Waals surface area contributed by atoms with Gasteiger partial charge in [0.1, 0.15) is 0 Å². The van der Waals surface area contributed by atoms with Crippen LogP contribution in [0, 0.1) is 5.92 Å². The second kappa shape index (κ2) is 9.52. The van der Waals surface area contributed by atoms with E-state index in [1.54, 1.807) is 24.0 Å². The molecule has 1 fully saturated rings. The fourth-order valence-electron chi connectivity index (χ4n) is 3.33. The highest BCUT2D eigenvalue weighted by Crippen LogP contribution is 2.23. The molecule has 0 radical (unpaired) electrons. The third kappa shape index (κ3) is 5.54. The molecule has 1 aliphatic heterocycles. The third-order valence-electron chi connectivity index (χ3n) is 5.34. The smallest absolute Gasteiger partial charge is 0.303 e. The molecule has 1 amide bonds. The van der Waals surface area contributed by atoms with Gasteiger partial charge in [0, 0.05) is 39.0 Å². The van der Waals surface area contributed by atoms with Crippen LogP contribution in [0.25, 0.3) is 0 Å². The van der Waals surface area contributed by atoms with E-state index in [9.17, 15) is 18.0 Å². The monoisotopic (exact) mass is 410 g/mol. The van der Waals surface area contributed by atoms with Gasteiger partial charge in [-0.2, -0.15) is 4.31 Å². The Kier molecular flexibility index (Phi) is 7.60. The molecule has 2 atom stereocenters. The lowest BCUT2D eigenvalue weighted by Gasteiger charge is -2.34. The van der Waals surface area contributed by atoms with Gasteiger partial charge < -0.3 is 10.0 Å². The van der Waals surface area contributed by atoms with Crippen LogP contribution in [0.1, 0.15) is 51.5 Å². The molecule has 0 aromatic heterocycles. The SMILES string of the molecule is CC[C@@H](C)c1ccc(S(=O)(=O)N2CCN(C(=O)C[C@@H](C)CC(=O)O)CC2)cc1. The highest BCUT2D eigenvalue weighted by Gasteiger charge is 2.30. The number of benzene rings is 1. The second-order valence-corrected chi connectivity index (χ2v) is 9.51. The normalized spacial score (nSPS) is 17.9. The van der Waals surface area contributed by atoms with Crippen LogP contribution in [0.3, 0.4) is 0 Å². The van der Waals surface area contributed by atoms with Gasteiger partial charge in [0.2, 0.25) is 15.9 Å². The first-order valence-corrected chi connectivity index (χ1v) is 11.2. The summed E-state index contributed by atoms with van der Waals surface area (Å²) in [6.07, 6.45) is 1.11. The number of carboxylic acid groups (broad SMARTS) is 1. The second-order valence-electron chi connectivity index (χ2n) is 7.57. The largest absolute Gasteiger partial charge is 0.481 e. The van der Waals surface area contributed by atoms with Crippen molar-refractivity contribution in [2.24, 2.45) is 5.92 Å². The van der Waals surface area contributed by atoms with E-state index in [-0.39, 0.29) is 42.7 Å². The summed E-state index contributed by atoms with van der Waals surface area (Å²) < 4.78 is 27.2. The zero-order valence-corrected chi connectivity index (χ0v) is 17.6. The Hall–Kier alpha value is -1.93. The van der Waals surface area contributed by atoms with Gasteiger partial charge in [0.25, 0.3) is 0 Å². The number of rotatable bonds is 8. The Labute approximate surface area is 167 Å². The first-order valence-electron chi connectivity index (χ1n) is 9.74. The summed E-state index contributed by atoms with van der Waals surface area (Å²) >= 11 is 0. The summed E-state index contributed by atoms with van der Waals surface area (Å²) in [6.45, 7) is 7.07. The zero-order chi connectivity index (χ0) is 20.9. The molecule has 8 heteroatoms. The molecule has 0 spiro atoms. The number of piperazine rings is 1. The zero-order valence-electron chi connectivity index (χ0n) is 16.8. The number of amides is 1. The van der Waals surface area contributed by atoms with E-state index < -0.39 is 16.0 Å². The summed E-state index contributed by atoms with van der Waals surface area (Å²) in [5.74, 6) is -0.898. The van der Waals surface area contributed by atoms with Gasteiger partial charge in [0.05, 0.1) is 4.90 Å². The lowest BCUT2D eigenvalue weighted by molar-refractivity contribution is -0.138. The Balaban J connectivity index is 1.96. The summed E-state index contributed by atoms with van der Waals surface area (Å²) in [7, 11) is -3.58. The fraction of sp³-hybridized carbons (Fsp3) is 0.600. The van der Waals surface area contributed by atoms with E-state index in [0.29, 0.717) is 19.0 Å². The average molecular weight is 411 g/mol. The number of sulfonamides is 1. The van der Waals surface area contributed by atoms with Crippen LogP contribution < -0.4 is 0 Å². The van der Waals surface area contributed by atoms with E-state index in [0.717, 1.165) is 12.0 Å². The molecule has 0 bridgehead atoms. The predicted molar refractivity (Wildman–Crippen MR) is 107 cm³/mol. The van der Waals surface area contributed by atoms with Crippen molar-refractivity contribution in [3.63, 3.8) is 0 Å². The Morgan fingerprint density at radius 2 is 1.61 bits per heavy atom. The molecule has 1 aliphatic rings. The van der Waals surface area contributed by atoms with Crippen molar-refractivity contribution < 1.29 is 23.1 Å². The average Bonchev–Trinajstić information content (AvgIpc) is 2.66. The molecule has 0 aliphatic carbocycles. The minimum absolute atomic E-state index is 0.0489. The van der Waals surface area contributed by atoms with Gasteiger partial charge in [-0.1, -0.05) is 32.9 Å². The maximum absolute atomic E-state index is 12.9. The lowest BCUT2D eigenvalue weighted by atomic mass is 9.99. The van der Waals surface area contributed by atoms with Crippen molar-refractivity contribution in [3.8, 4) is 0 Å². The van der Waals surface area contributed by atoms with Gasteiger partial charge in [-0.15, -0.1) is 0 Å². The van der Waals surface area contributed by atoms with E-state index in [2.05, 4.69) is 13.8 Å². The standard InChI is InChI=1S/C20H30N2O5S/c1-4-16(3)17-5-7-18(8-6-17)28(26,27)22-11-9-21(10-12-22)19(23)13-15(2)14-20(24)25/h5-8,15-16H,4,9-14H2,1-3H3,(H,24,25)/t15-,16-/m1/s1. The summed E-state index contributed by atoms with van der Waals surface area (Å²) in [6, 6.07) is 7.04. The van der Waals surface area contributed by atoms with Crippen molar-refractivity contribution in [2.45, 2.75) is 50.8 Å². The molecule has 28 heavy (non-hydrogen) atoms. The number of carboxylic acids is 1. The van der Waals surface area contributed by atoms with Crippen molar-refractivity contribution in [2.75, 3.05) is 26.2 Å². The first kappa shape index (κ1) is 22.4. The maximum Gasteiger partial charge on any atom is 0.303 e. The Bertz CT molecular complexity index is 783. The number of carbonyl (C=O) groups excluding carboxylic acids is 1. The molecule has 156 valence electrons. The van der Waals surface area contributed by atoms with Crippen LogP contribution in [-0.2, 0) is 19.6 Å². The highest BCUT2D eigenvalue weighted by atomic mass is 32.2. The van der Waals surface area contributed by atoms with Gasteiger partial charge in [-0.05, 0) is 36.0 Å². The molecule has 1 aromatic rings. The maximum atomic E-state index is 12.9. The summed E-state index contributed by atoms with van der Waals surface area (Å²) in [5, 5.41) is 8.80. The number of hydrogen-bond donors (Lipinski definition) is 1. The predicted octanol–water partition coefficient (Wildman–Crippen LogP) is 2.53. The van der Waals surface area contributed by atoms with Crippen LogP contribution >= 0.6 is 0 Å². The molecule has 7 nitrogen and oxygen atoms in total. The van der Waals surface area contributed by atoms with Crippen LogP contribution in [0.5, 0.6) is 0 Å². The van der Waals surface area contributed by atoms with Gasteiger partial charge in [-0.3, -0.25) is 9.59 Å². The molecule has 0 unspecified atom stereocenters. The van der Waals surface area contributed by atoms with E-state index >= 15 is 0 Å². The number of carbonyl (C=O) groups is 2. The molecule has 2 rings (SSSR count).